The Morgan fingerprint density at radius 1 is 1.25 bits per heavy atom. The standard InChI is InChI=1S/C18H24N4O2/c1-3-21(4-2)13-16-19-18(20-24-16)15-10-17(23)22(12-15)11-14-8-6-5-7-9-14/h5-9,15H,3-4,10-13H2,1-2H3/t15-/m0/s1. The summed E-state index contributed by atoms with van der Waals surface area (Å²) in [6, 6.07) is 10.0. The molecule has 1 aliphatic rings. The van der Waals surface area contributed by atoms with Gasteiger partial charge in [-0.1, -0.05) is 49.3 Å². The maximum atomic E-state index is 12.3. The van der Waals surface area contributed by atoms with Crippen LogP contribution >= 0.6 is 0 Å². The molecule has 0 aliphatic carbocycles. The molecule has 0 N–H and O–H groups in total. The van der Waals surface area contributed by atoms with Crippen molar-refractivity contribution in [1.82, 2.24) is 19.9 Å². The molecule has 6 heteroatoms. The maximum Gasteiger partial charge on any atom is 0.240 e. The average molecular weight is 328 g/mol. The SMILES string of the molecule is CCN(CC)Cc1nc([C@H]2CC(=O)N(Cc3ccccc3)C2)no1. The third kappa shape index (κ3) is 3.82. The zero-order chi connectivity index (χ0) is 16.9. The van der Waals surface area contributed by atoms with E-state index in [0.717, 1.165) is 18.7 Å². The Morgan fingerprint density at radius 2 is 2.00 bits per heavy atom. The van der Waals surface area contributed by atoms with Crippen LogP contribution in [0.5, 0.6) is 0 Å². The van der Waals surface area contributed by atoms with Crippen molar-refractivity contribution in [3.05, 3.63) is 47.6 Å². The van der Waals surface area contributed by atoms with Crippen molar-refractivity contribution < 1.29 is 9.32 Å². The zero-order valence-electron chi connectivity index (χ0n) is 14.3. The number of aromatic nitrogens is 2. The Balaban J connectivity index is 1.62. The molecule has 0 saturated carbocycles. The van der Waals surface area contributed by atoms with Gasteiger partial charge in [-0.2, -0.15) is 4.98 Å². The molecule has 128 valence electrons. The number of carbonyl (C=O) groups excluding carboxylic acids is 1. The fraction of sp³-hybridized carbons (Fsp3) is 0.500. The van der Waals surface area contributed by atoms with Gasteiger partial charge in [0.15, 0.2) is 5.82 Å². The number of amides is 1. The monoisotopic (exact) mass is 328 g/mol. The molecular formula is C18H24N4O2. The third-order valence-electron chi connectivity index (χ3n) is 4.53. The fourth-order valence-corrected chi connectivity index (χ4v) is 3.04. The number of rotatable bonds is 7. The molecule has 3 rings (SSSR count). The quantitative estimate of drug-likeness (QED) is 0.781. The van der Waals surface area contributed by atoms with Gasteiger partial charge in [-0.15, -0.1) is 0 Å². The van der Waals surface area contributed by atoms with E-state index in [-0.39, 0.29) is 11.8 Å². The number of hydrogen-bond acceptors (Lipinski definition) is 5. The van der Waals surface area contributed by atoms with Gasteiger partial charge in [0, 0.05) is 25.4 Å². The molecule has 1 saturated heterocycles. The second-order valence-corrected chi connectivity index (χ2v) is 6.17. The molecule has 1 fully saturated rings. The first-order valence-electron chi connectivity index (χ1n) is 8.56. The minimum absolute atomic E-state index is 0.0235. The molecule has 6 nitrogen and oxygen atoms in total. The van der Waals surface area contributed by atoms with Gasteiger partial charge in [0.05, 0.1) is 6.54 Å². The zero-order valence-corrected chi connectivity index (χ0v) is 14.3. The smallest absolute Gasteiger partial charge is 0.240 e. The van der Waals surface area contributed by atoms with Gasteiger partial charge in [-0.3, -0.25) is 9.69 Å². The second-order valence-electron chi connectivity index (χ2n) is 6.17. The first-order chi connectivity index (χ1) is 11.7. The highest BCUT2D eigenvalue weighted by Gasteiger charge is 2.33. The summed E-state index contributed by atoms with van der Waals surface area (Å²) in [6.45, 7) is 8.06. The van der Waals surface area contributed by atoms with E-state index in [2.05, 4.69) is 28.9 Å². The van der Waals surface area contributed by atoms with E-state index in [1.807, 2.05) is 35.2 Å². The Morgan fingerprint density at radius 3 is 2.71 bits per heavy atom. The van der Waals surface area contributed by atoms with Gasteiger partial charge in [0.1, 0.15) is 0 Å². The predicted octanol–water partition coefficient (Wildman–Crippen LogP) is 2.43. The maximum absolute atomic E-state index is 12.3. The third-order valence-corrected chi connectivity index (χ3v) is 4.53. The normalized spacial score (nSPS) is 17.9. The number of benzene rings is 1. The van der Waals surface area contributed by atoms with E-state index in [0.29, 0.717) is 37.8 Å². The molecule has 0 spiro atoms. The highest BCUT2D eigenvalue weighted by molar-refractivity contribution is 5.79. The molecule has 2 aromatic rings. The van der Waals surface area contributed by atoms with E-state index < -0.39 is 0 Å². The van der Waals surface area contributed by atoms with Crippen LogP contribution in [0.1, 0.15) is 43.5 Å². The van der Waals surface area contributed by atoms with Crippen molar-refractivity contribution in [1.29, 1.82) is 0 Å². The molecule has 1 aliphatic heterocycles. The first kappa shape index (κ1) is 16.6. The Hall–Kier alpha value is -2.21. The van der Waals surface area contributed by atoms with Crippen LogP contribution in [0.4, 0.5) is 0 Å². The fourth-order valence-electron chi connectivity index (χ4n) is 3.04. The van der Waals surface area contributed by atoms with E-state index in [1.165, 1.54) is 0 Å². The van der Waals surface area contributed by atoms with Gasteiger partial charge >= 0.3 is 0 Å². The highest BCUT2D eigenvalue weighted by Crippen LogP contribution is 2.27. The second kappa shape index (κ2) is 7.57. The van der Waals surface area contributed by atoms with Crippen molar-refractivity contribution >= 4 is 5.91 Å². The number of carbonyl (C=O) groups is 1. The van der Waals surface area contributed by atoms with E-state index in [4.69, 9.17) is 4.52 Å². The molecule has 0 bridgehead atoms. The predicted molar refractivity (Wildman–Crippen MR) is 90.1 cm³/mol. The van der Waals surface area contributed by atoms with Gasteiger partial charge in [-0.05, 0) is 18.7 Å². The van der Waals surface area contributed by atoms with Gasteiger partial charge in [0.2, 0.25) is 11.8 Å². The van der Waals surface area contributed by atoms with Crippen LogP contribution in [0.2, 0.25) is 0 Å². The molecule has 24 heavy (non-hydrogen) atoms. The van der Waals surface area contributed by atoms with E-state index >= 15 is 0 Å². The van der Waals surface area contributed by atoms with Crippen molar-refractivity contribution in [3.63, 3.8) is 0 Å². The van der Waals surface area contributed by atoms with Crippen LogP contribution in [-0.4, -0.2) is 45.5 Å². The largest absolute Gasteiger partial charge is 0.338 e. The topological polar surface area (TPSA) is 62.5 Å². The summed E-state index contributed by atoms with van der Waals surface area (Å²) in [5.41, 5.74) is 1.14. The molecule has 1 amide bonds. The minimum atomic E-state index is 0.0235. The lowest BCUT2D eigenvalue weighted by Gasteiger charge is -2.16. The Bertz CT molecular complexity index is 667. The van der Waals surface area contributed by atoms with Crippen molar-refractivity contribution in [2.75, 3.05) is 19.6 Å². The van der Waals surface area contributed by atoms with Crippen LogP contribution in [0.3, 0.4) is 0 Å². The van der Waals surface area contributed by atoms with Gasteiger partial charge in [-0.25, -0.2) is 0 Å². The van der Waals surface area contributed by atoms with Crippen LogP contribution in [0.15, 0.2) is 34.9 Å². The lowest BCUT2D eigenvalue weighted by Crippen LogP contribution is -2.24. The molecule has 0 unspecified atom stereocenters. The lowest BCUT2D eigenvalue weighted by atomic mass is 10.1. The van der Waals surface area contributed by atoms with Crippen molar-refractivity contribution in [2.45, 2.75) is 39.3 Å². The Kier molecular flexibility index (Phi) is 5.25. The summed E-state index contributed by atoms with van der Waals surface area (Å²) in [6.07, 6.45) is 0.455. The first-order valence-corrected chi connectivity index (χ1v) is 8.56. The summed E-state index contributed by atoms with van der Waals surface area (Å²) in [5.74, 6) is 1.46. The lowest BCUT2D eigenvalue weighted by molar-refractivity contribution is -0.128. The van der Waals surface area contributed by atoms with Crippen LogP contribution in [-0.2, 0) is 17.9 Å². The van der Waals surface area contributed by atoms with Crippen LogP contribution in [0.25, 0.3) is 0 Å². The van der Waals surface area contributed by atoms with Gasteiger partial charge in [0.25, 0.3) is 0 Å². The average Bonchev–Trinajstić information content (AvgIpc) is 3.21. The van der Waals surface area contributed by atoms with Crippen molar-refractivity contribution in [2.24, 2.45) is 0 Å². The number of hydrogen-bond donors (Lipinski definition) is 0. The summed E-state index contributed by atoms with van der Waals surface area (Å²) in [4.78, 5) is 20.9. The van der Waals surface area contributed by atoms with Crippen molar-refractivity contribution in [3.8, 4) is 0 Å². The summed E-state index contributed by atoms with van der Waals surface area (Å²) in [5, 5.41) is 4.10. The molecule has 1 atom stereocenters. The van der Waals surface area contributed by atoms with Crippen LogP contribution in [0, 0.1) is 0 Å². The number of likely N-dealkylation sites (tertiary alicyclic amines) is 1. The van der Waals surface area contributed by atoms with E-state index in [9.17, 15) is 4.79 Å². The summed E-state index contributed by atoms with van der Waals surface area (Å²) in [7, 11) is 0. The van der Waals surface area contributed by atoms with E-state index in [1.54, 1.807) is 0 Å². The Labute approximate surface area is 142 Å². The minimum Gasteiger partial charge on any atom is -0.338 e. The van der Waals surface area contributed by atoms with Gasteiger partial charge < -0.3 is 9.42 Å². The molecule has 1 aromatic heterocycles. The molecule has 2 heterocycles. The van der Waals surface area contributed by atoms with Crippen LogP contribution < -0.4 is 0 Å². The summed E-state index contributed by atoms with van der Waals surface area (Å²) < 4.78 is 5.37. The molecular weight excluding hydrogens is 304 g/mol. The summed E-state index contributed by atoms with van der Waals surface area (Å²) >= 11 is 0. The highest BCUT2D eigenvalue weighted by atomic mass is 16.5. The molecule has 1 aromatic carbocycles. The number of nitrogens with zero attached hydrogens (tertiary/aromatic N) is 4. The molecule has 0 radical (unpaired) electrons.